The Morgan fingerprint density at radius 3 is 2.59 bits per heavy atom. The quantitative estimate of drug-likeness (QED) is 0.293. The molecule has 0 amide bonds. The maximum atomic E-state index is 6.11. The first-order valence-corrected chi connectivity index (χ1v) is 10.4. The molecule has 0 saturated carbocycles. The topological polar surface area (TPSA) is 64.1 Å². The Hall–Kier alpha value is -1.06. The second-order valence-electron chi connectivity index (χ2n) is 7.50. The van der Waals surface area contributed by atoms with Crippen molar-refractivity contribution in [2.24, 2.45) is 4.99 Å². The van der Waals surface area contributed by atoms with Crippen molar-refractivity contribution in [1.82, 2.24) is 10.6 Å². The lowest BCUT2D eigenvalue weighted by Crippen LogP contribution is -2.50. The van der Waals surface area contributed by atoms with E-state index in [4.69, 9.17) is 19.2 Å². The van der Waals surface area contributed by atoms with Crippen molar-refractivity contribution in [2.45, 2.75) is 65.2 Å². The average Bonchev–Trinajstić information content (AvgIpc) is 2.71. The summed E-state index contributed by atoms with van der Waals surface area (Å²) in [7, 11) is 1.78. The third kappa shape index (κ3) is 8.30. The van der Waals surface area contributed by atoms with Gasteiger partial charge in [0.25, 0.3) is 0 Å². The van der Waals surface area contributed by atoms with Crippen LogP contribution in [0.4, 0.5) is 0 Å². The molecular weight excluding hydrogens is 481 g/mol. The largest absolute Gasteiger partial charge is 0.490 e. The summed E-state index contributed by atoms with van der Waals surface area (Å²) in [5, 5.41) is 6.78. The van der Waals surface area contributed by atoms with Gasteiger partial charge in [0.05, 0.1) is 18.2 Å². The smallest absolute Gasteiger partial charge is 0.191 e. The van der Waals surface area contributed by atoms with Crippen LogP contribution in [-0.4, -0.2) is 51.1 Å². The molecule has 1 heterocycles. The highest BCUT2D eigenvalue weighted by atomic mass is 127. The molecule has 1 saturated heterocycles. The molecule has 166 valence electrons. The lowest BCUT2D eigenvalue weighted by molar-refractivity contribution is -0.0855. The van der Waals surface area contributed by atoms with Gasteiger partial charge in [-0.25, -0.2) is 4.99 Å². The van der Waals surface area contributed by atoms with Crippen LogP contribution in [0.1, 0.15) is 51.2 Å². The molecule has 0 spiro atoms. The summed E-state index contributed by atoms with van der Waals surface area (Å²) < 4.78 is 17.4. The van der Waals surface area contributed by atoms with Gasteiger partial charge in [-0.1, -0.05) is 19.1 Å². The summed E-state index contributed by atoms with van der Waals surface area (Å²) in [4.78, 5) is 4.78. The van der Waals surface area contributed by atoms with E-state index in [0.29, 0.717) is 13.1 Å². The molecular formula is C22H38IN3O3. The fraction of sp³-hybridized carbons (Fsp3) is 0.682. The SMILES string of the molecule is CCNC(=NCc1ccc(C)cc1OC(C)CC)NCC1(OC)CCOCC1.I. The lowest BCUT2D eigenvalue weighted by atomic mass is 9.94. The average molecular weight is 519 g/mol. The normalized spacial score (nSPS) is 17.2. The Morgan fingerprint density at radius 1 is 1.24 bits per heavy atom. The fourth-order valence-corrected chi connectivity index (χ4v) is 3.15. The molecule has 0 radical (unpaired) electrons. The maximum Gasteiger partial charge on any atom is 0.191 e. The Morgan fingerprint density at radius 2 is 1.97 bits per heavy atom. The summed E-state index contributed by atoms with van der Waals surface area (Å²) in [6.07, 6.45) is 2.94. The van der Waals surface area contributed by atoms with E-state index in [-0.39, 0.29) is 35.7 Å². The number of aryl methyl sites for hydroxylation is 1. The van der Waals surface area contributed by atoms with Gasteiger partial charge < -0.3 is 24.8 Å². The minimum atomic E-state index is -0.191. The van der Waals surface area contributed by atoms with Crippen LogP contribution >= 0.6 is 24.0 Å². The van der Waals surface area contributed by atoms with Crippen LogP contribution in [0.15, 0.2) is 23.2 Å². The highest BCUT2D eigenvalue weighted by Gasteiger charge is 2.32. The molecule has 2 N–H and O–H groups in total. The number of methoxy groups -OCH3 is 1. The molecule has 0 aromatic heterocycles. The van der Waals surface area contributed by atoms with Gasteiger partial charge >= 0.3 is 0 Å². The van der Waals surface area contributed by atoms with Crippen molar-refractivity contribution in [2.75, 3.05) is 33.4 Å². The first-order chi connectivity index (χ1) is 13.5. The Bertz CT molecular complexity index is 634. The summed E-state index contributed by atoms with van der Waals surface area (Å²) in [5.74, 6) is 1.72. The molecule has 1 aromatic carbocycles. The summed E-state index contributed by atoms with van der Waals surface area (Å²) in [6.45, 7) is 11.9. The van der Waals surface area contributed by atoms with Crippen molar-refractivity contribution < 1.29 is 14.2 Å². The van der Waals surface area contributed by atoms with Gasteiger partial charge in [-0.3, -0.25) is 0 Å². The van der Waals surface area contributed by atoms with Crippen LogP contribution in [0.3, 0.4) is 0 Å². The summed E-state index contributed by atoms with van der Waals surface area (Å²) >= 11 is 0. The lowest BCUT2D eigenvalue weighted by Gasteiger charge is -2.36. The van der Waals surface area contributed by atoms with Crippen molar-refractivity contribution in [3.05, 3.63) is 29.3 Å². The van der Waals surface area contributed by atoms with E-state index < -0.39 is 0 Å². The predicted octanol–water partition coefficient (Wildman–Crippen LogP) is 4.04. The number of ether oxygens (including phenoxy) is 3. The predicted molar refractivity (Wildman–Crippen MR) is 130 cm³/mol. The number of hydrogen-bond acceptors (Lipinski definition) is 4. The van der Waals surface area contributed by atoms with E-state index in [1.807, 2.05) is 0 Å². The van der Waals surface area contributed by atoms with E-state index in [2.05, 4.69) is 56.5 Å². The summed E-state index contributed by atoms with van der Waals surface area (Å²) in [6, 6.07) is 6.31. The van der Waals surface area contributed by atoms with Gasteiger partial charge in [0.2, 0.25) is 0 Å². The number of nitrogens with zero attached hydrogens (tertiary/aromatic N) is 1. The molecule has 1 unspecified atom stereocenters. The van der Waals surface area contributed by atoms with Gasteiger partial charge in [-0.15, -0.1) is 24.0 Å². The minimum Gasteiger partial charge on any atom is -0.490 e. The van der Waals surface area contributed by atoms with Crippen molar-refractivity contribution in [3.8, 4) is 5.75 Å². The van der Waals surface area contributed by atoms with Crippen LogP contribution in [0.25, 0.3) is 0 Å². The van der Waals surface area contributed by atoms with E-state index >= 15 is 0 Å². The van der Waals surface area contributed by atoms with Gasteiger partial charge in [0.1, 0.15) is 5.75 Å². The summed E-state index contributed by atoms with van der Waals surface area (Å²) in [5.41, 5.74) is 2.09. The molecule has 7 heteroatoms. The number of guanidine groups is 1. The third-order valence-corrected chi connectivity index (χ3v) is 5.29. The second-order valence-corrected chi connectivity index (χ2v) is 7.50. The number of halogens is 1. The van der Waals surface area contributed by atoms with Gasteiger partial charge in [-0.2, -0.15) is 0 Å². The Balaban J connectivity index is 0.00000420. The molecule has 1 atom stereocenters. The Labute approximate surface area is 193 Å². The van der Waals surface area contributed by atoms with Crippen molar-refractivity contribution in [1.29, 1.82) is 0 Å². The monoisotopic (exact) mass is 519 g/mol. The number of hydrogen-bond donors (Lipinski definition) is 2. The first kappa shape index (κ1) is 26.0. The minimum absolute atomic E-state index is 0. The molecule has 29 heavy (non-hydrogen) atoms. The highest BCUT2D eigenvalue weighted by Crippen LogP contribution is 2.24. The zero-order chi connectivity index (χ0) is 20.4. The molecule has 1 aliphatic rings. The molecule has 0 aliphatic carbocycles. The van der Waals surface area contributed by atoms with E-state index in [0.717, 1.165) is 56.3 Å². The van der Waals surface area contributed by atoms with Gasteiger partial charge in [-0.05, 0) is 38.8 Å². The standard InChI is InChI=1S/C22H37N3O3.HI/c1-6-18(4)28-20-14-17(3)8-9-19(20)15-24-21(23-7-2)25-16-22(26-5)10-12-27-13-11-22;/h8-9,14,18H,6-7,10-13,15-16H2,1-5H3,(H2,23,24,25);1H. The van der Waals surface area contributed by atoms with Crippen LogP contribution in [0.5, 0.6) is 5.75 Å². The molecule has 1 aliphatic heterocycles. The molecule has 6 nitrogen and oxygen atoms in total. The molecule has 2 rings (SSSR count). The van der Waals surface area contributed by atoms with Crippen LogP contribution in [0.2, 0.25) is 0 Å². The van der Waals surface area contributed by atoms with Crippen LogP contribution in [-0.2, 0) is 16.0 Å². The van der Waals surface area contributed by atoms with Crippen LogP contribution < -0.4 is 15.4 Å². The van der Waals surface area contributed by atoms with Crippen molar-refractivity contribution >= 4 is 29.9 Å². The fourth-order valence-electron chi connectivity index (χ4n) is 3.15. The zero-order valence-corrected chi connectivity index (χ0v) is 20.9. The Kier molecular flexibility index (Phi) is 11.9. The molecule has 1 fully saturated rings. The first-order valence-electron chi connectivity index (χ1n) is 10.4. The number of benzene rings is 1. The van der Waals surface area contributed by atoms with E-state index in [1.54, 1.807) is 7.11 Å². The highest BCUT2D eigenvalue weighted by molar-refractivity contribution is 14.0. The third-order valence-electron chi connectivity index (χ3n) is 5.29. The number of nitrogens with one attached hydrogen (secondary N) is 2. The van der Waals surface area contributed by atoms with Gasteiger partial charge in [0, 0.05) is 51.8 Å². The van der Waals surface area contributed by atoms with Crippen molar-refractivity contribution in [3.63, 3.8) is 0 Å². The van der Waals surface area contributed by atoms with Gasteiger partial charge in [0.15, 0.2) is 5.96 Å². The van der Waals surface area contributed by atoms with E-state index in [9.17, 15) is 0 Å². The van der Waals surface area contributed by atoms with E-state index in [1.165, 1.54) is 5.56 Å². The maximum absolute atomic E-state index is 6.11. The van der Waals surface area contributed by atoms with Crippen LogP contribution in [0, 0.1) is 6.92 Å². The molecule has 1 aromatic rings. The zero-order valence-electron chi connectivity index (χ0n) is 18.5. The number of aliphatic imine (C=N–C) groups is 1. The molecule has 0 bridgehead atoms. The number of rotatable bonds is 9. The second kappa shape index (κ2) is 13.3.